The van der Waals surface area contributed by atoms with E-state index >= 15 is 0 Å². The van der Waals surface area contributed by atoms with Crippen LogP contribution in [0.5, 0.6) is 0 Å². The summed E-state index contributed by atoms with van der Waals surface area (Å²) in [5.74, 6) is -0.0595. The molecule has 2 rings (SSSR count). The highest BCUT2D eigenvalue weighted by atomic mass is 32.1. The van der Waals surface area contributed by atoms with Crippen LogP contribution in [0.1, 0.15) is 34.8 Å². The van der Waals surface area contributed by atoms with Gasteiger partial charge in [-0.05, 0) is 32.7 Å². The fourth-order valence-electron chi connectivity index (χ4n) is 1.44. The van der Waals surface area contributed by atoms with E-state index in [1.807, 2.05) is 6.92 Å². The molecule has 1 heterocycles. The van der Waals surface area contributed by atoms with Crippen molar-refractivity contribution in [3.8, 4) is 0 Å². The SMILES string of the molecule is Cc1nc(C(=O)NCCCNC2CC2)cs1. The zero-order valence-electron chi connectivity index (χ0n) is 9.45. The minimum atomic E-state index is -0.0595. The zero-order chi connectivity index (χ0) is 11.4. The molecule has 4 nitrogen and oxygen atoms in total. The van der Waals surface area contributed by atoms with Crippen molar-refractivity contribution >= 4 is 17.2 Å². The number of nitrogens with zero attached hydrogens (tertiary/aromatic N) is 1. The van der Waals surface area contributed by atoms with Crippen LogP contribution in [0, 0.1) is 6.92 Å². The molecular weight excluding hydrogens is 222 g/mol. The summed E-state index contributed by atoms with van der Waals surface area (Å²) in [6.45, 7) is 3.61. The largest absolute Gasteiger partial charge is 0.351 e. The van der Waals surface area contributed by atoms with Crippen molar-refractivity contribution in [1.82, 2.24) is 15.6 Å². The van der Waals surface area contributed by atoms with Crippen LogP contribution in [0.15, 0.2) is 5.38 Å². The number of aromatic nitrogens is 1. The third kappa shape index (κ3) is 3.57. The Kier molecular flexibility index (Phi) is 3.90. The lowest BCUT2D eigenvalue weighted by Crippen LogP contribution is -2.28. The summed E-state index contributed by atoms with van der Waals surface area (Å²) in [7, 11) is 0. The highest BCUT2D eigenvalue weighted by molar-refractivity contribution is 7.09. The predicted octanol–water partition coefficient (Wildman–Crippen LogP) is 1.32. The molecule has 0 radical (unpaired) electrons. The van der Waals surface area contributed by atoms with Crippen LogP contribution in [0.2, 0.25) is 0 Å². The molecular formula is C11H17N3OS. The lowest BCUT2D eigenvalue weighted by atomic mass is 10.4. The van der Waals surface area contributed by atoms with E-state index in [4.69, 9.17) is 0 Å². The summed E-state index contributed by atoms with van der Waals surface area (Å²) in [6, 6.07) is 0.747. The highest BCUT2D eigenvalue weighted by Crippen LogP contribution is 2.18. The van der Waals surface area contributed by atoms with Gasteiger partial charge < -0.3 is 10.6 Å². The van der Waals surface area contributed by atoms with Crippen molar-refractivity contribution in [2.45, 2.75) is 32.2 Å². The first-order valence-corrected chi connectivity index (χ1v) is 6.57. The van der Waals surface area contributed by atoms with Crippen LogP contribution < -0.4 is 10.6 Å². The number of amides is 1. The Morgan fingerprint density at radius 2 is 2.38 bits per heavy atom. The molecule has 5 heteroatoms. The van der Waals surface area contributed by atoms with Crippen LogP contribution in [0.25, 0.3) is 0 Å². The van der Waals surface area contributed by atoms with E-state index in [2.05, 4.69) is 15.6 Å². The highest BCUT2D eigenvalue weighted by Gasteiger charge is 2.19. The first kappa shape index (κ1) is 11.5. The lowest BCUT2D eigenvalue weighted by Gasteiger charge is -2.04. The number of carbonyl (C=O) groups is 1. The van der Waals surface area contributed by atoms with E-state index in [1.54, 1.807) is 5.38 Å². The van der Waals surface area contributed by atoms with Gasteiger partial charge in [-0.15, -0.1) is 11.3 Å². The van der Waals surface area contributed by atoms with Gasteiger partial charge in [0.05, 0.1) is 5.01 Å². The van der Waals surface area contributed by atoms with Crippen molar-refractivity contribution < 1.29 is 4.79 Å². The van der Waals surface area contributed by atoms with Gasteiger partial charge in [-0.25, -0.2) is 4.98 Å². The topological polar surface area (TPSA) is 54.0 Å². The van der Waals surface area contributed by atoms with E-state index in [0.717, 1.165) is 30.6 Å². The molecule has 0 bridgehead atoms. The van der Waals surface area contributed by atoms with Crippen LogP contribution in [-0.2, 0) is 0 Å². The van der Waals surface area contributed by atoms with Gasteiger partial charge in [-0.2, -0.15) is 0 Å². The molecule has 0 aromatic carbocycles. The molecule has 1 aliphatic carbocycles. The Hall–Kier alpha value is -0.940. The Balaban J connectivity index is 1.59. The molecule has 0 unspecified atom stereocenters. The summed E-state index contributed by atoms with van der Waals surface area (Å²) >= 11 is 1.50. The smallest absolute Gasteiger partial charge is 0.270 e. The van der Waals surface area contributed by atoms with Crippen LogP contribution in [-0.4, -0.2) is 30.0 Å². The Labute approximate surface area is 99.5 Å². The van der Waals surface area contributed by atoms with E-state index in [0.29, 0.717) is 5.69 Å². The molecule has 1 aromatic heterocycles. The molecule has 88 valence electrons. The zero-order valence-corrected chi connectivity index (χ0v) is 10.3. The van der Waals surface area contributed by atoms with Gasteiger partial charge in [0.2, 0.25) is 0 Å². The number of thiazole rings is 1. The standard InChI is InChI=1S/C11H17N3OS/c1-8-14-10(7-16-8)11(15)13-6-2-5-12-9-3-4-9/h7,9,12H,2-6H2,1H3,(H,13,15). The quantitative estimate of drug-likeness (QED) is 0.736. The van der Waals surface area contributed by atoms with Crippen molar-refractivity contribution in [3.05, 3.63) is 16.1 Å². The van der Waals surface area contributed by atoms with Crippen LogP contribution >= 0.6 is 11.3 Å². The Morgan fingerprint density at radius 1 is 1.56 bits per heavy atom. The number of aryl methyl sites for hydroxylation is 1. The first-order chi connectivity index (χ1) is 7.75. The molecule has 2 N–H and O–H groups in total. The lowest BCUT2D eigenvalue weighted by molar-refractivity contribution is 0.0949. The maximum absolute atomic E-state index is 11.6. The van der Waals surface area contributed by atoms with E-state index in [1.165, 1.54) is 24.2 Å². The summed E-state index contributed by atoms with van der Waals surface area (Å²) in [6.07, 6.45) is 3.60. The van der Waals surface area contributed by atoms with Crippen molar-refractivity contribution in [3.63, 3.8) is 0 Å². The second kappa shape index (κ2) is 5.41. The molecule has 1 saturated carbocycles. The Bertz CT molecular complexity index is 360. The molecule has 0 aliphatic heterocycles. The number of hydrogen-bond donors (Lipinski definition) is 2. The molecule has 1 amide bonds. The number of hydrogen-bond acceptors (Lipinski definition) is 4. The van der Waals surface area contributed by atoms with E-state index in [9.17, 15) is 4.79 Å². The summed E-state index contributed by atoms with van der Waals surface area (Å²) < 4.78 is 0. The fourth-order valence-corrected chi connectivity index (χ4v) is 2.04. The molecule has 0 spiro atoms. The third-order valence-electron chi connectivity index (χ3n) is 2.50. The minimum absolute atomic E-state index is 0.0595. The van der Waals surface area contributed by atoms with Gasteiger partial charge in [0.15, 0.2) is 0 Å². The molecule has 1 fully saturated rings. The number of nitrogens with one attached hydrogen (secondary N) is 2. The molecule has 1 aromatic rings. The first-order valence-electron chi connectivity index (χ1n) is 5.69. The average molecular weight is 239 g/mol. The second-order valence-electron chi connectivity index (χ2n) is 4.09. The van der Waals surface area contributed by atoms with Gasteiger partial charge in [-0.3, -0.25) is 4.79 Å². The predicted molar refractivity (Wildman–Crippen MR) is 64.8 cm³/mol. The molecule has 0 saturated heterocycles. The van der Waals surface area contributed by atoms with Crippen molar-refractivity contribution in [1.29, 1.82) is 0 Å². The van der Waals surface area contributed by atoms with Crippen molar-refractivity contribution in [2.24, 2.45) is 0 Å². The second-order valence-corrected chi connectivity index (χ2v) is 5.15. The van der Waals surface area contributed by atoms with Gasteiger partial charge in [0, 0.05) is 18.0 Å². The average Bonchev–Trinajstić information content (AvgIpc) is 2.99. The maximum Gasteiger partial charge on any atom is 0.270 e. The van der Waals surface area contributed by atoms with Gasteiger partial charge in [0.1, 0.15) is 5.69 Å². The summed E-state index contributed by atoms with van der Waals surface area (Å²) in [5.41, 5.74) is 0.539. The van der Waals surface area contributed by atoms with E-state index in [-0.39, 0.29) is 5.91 Å². The van der Waals surface area contributed by atoms with Gasteiger partial charge in [0.25, 0.3) is 5.91 Å². The third-order valence-corrected chi connectivity index (χ3v) is 3.27. The molecule has 0 atom stereocenters. The normalized spacial score (nSPS) is 15.1. The van der Waals surface area contributed by atoms with Crippen molar-refractivity contribution in [2.75, 3.05) is 13.1 Å². The number of rotatable bonds is 6. The molecule has 1 aliphatic rings. The van der Waals surface area contributed by atoms with Gasteiger partial charge >= 0.3 is 0 Å². The summed E-state index contributed by atoms with van der Waals surface area (Å²) in [4.78, 5) is 15.7. The fraction of sp³-hybridized carbons (Fsp3) is 0.636. The molecule has 16 heavy (non-hydrogen) atoms. The van der Waals surface area contributed by atoms with Gasteiger partial charge in [-0.1, -0.05) is 0 Å². The maximum atomic E-state index is 11.6. The van der Waals surface area contributed by atoms with E-state index < -0.39 is 0 Å². The Morgan fingerprint density at radius 3 is 3.00 bits per heavy atom. The van der Waals surface area contributed by atoms with Crippen LogP contribution in [0.3, 0.4) is 0 Å². The van der Waals surface area contributed by atoms with Crippen LogP contribution in [0.4, 0.5) is 0 Å². The monoisotopic (exact) mass is 239 g/mol. The number of carbonyl (C=O) groups excluding carboxylic acids is 1. The summed E-state index contributed by atoms with van der Waals surface area (Å²) in [5, 5.41) is 9.01. The minimum Gasteiger partial charge on any atom is -0.351 e.